The summed E-state index contributed by atoms with van der Waals surface area (Å²) in [5, 5.41) is 0. The monoisotopic (exact) mass is 252 g/mol. The van der Waals surface area contributed by atoms with Crippen LogP contribution < -0.4 is 5.73 Å². The highest BCUT2D eigenvalue weighted by Gasteiger charge is 2.15. The van der Waals surface area contributed by atoms with Gasteiger partial charge < -0.3 is 10.6 Å². The molecule has 0 fully saturated rings. The lowest BCUT2D eigenvalue weighted by molar-refractivity contribution is -0.132. The van der Waals surface area contributed by atoms with Crippen molar-refractivity contribution < 1.29 is 9.18 Å². The molecule has 1 rings (SSSR count). The normalized spacial score (nSPS) is 12.2. The summed E-state index contributed by atoms with van der Waals surface area (Å²) in [4.78, 5) is 13.7. The van der Waals surface area contributed by atoms with Crippen molar-refractivity contribution >= 4 is 5.91 Å². The quantitative estimate of drug-likeness (QED) is 0.843. The van der Waals surface area contributed by atoms with Crippen molar-refractivity contribution in [3.63, 3.8) is 0 Å². The summed E-state index contributed by atoms with van der Waals surface area (Å²) in [6.07, 6.45) is 0.444. The Kier molecular flexibility index (Phi) is 5.78. The van der Waals surface area contributed by atoms with Crippen LogP contribution in [0.25, 0.3) is 0 Å². The summed E-state index contributed by atoms with van der Waals surface area (Å²) >= 11 is 0. The molecule has 18 heavy (non-hydrogen) atoms. The third-order valence-electron chi connectivity index (χ3n) is 2.92. The van der Waals surface area contributed by atoms with Crippen LogP contribution in [0.1, 0.15) is 25.8 Å². The Morgan fingerprint density at radius 2 is 2.22 bits per heavy atom. The van der Waals surface area contributed by atoms with Gasteiger partial charge in [0.25, 0.3) is 0 Å². The fourth-order valence-corrected chi connectivity index (χ4v) is 1.74. The largest absolute Gasteiger partial charge is 0.339 e. The maximum Gasteiger partial charge on any atom is 0.223 e. The number of hydrogen-bond donors (Lipinski definition) is 1. The van der Waals surface area contributed by atoms with Gasteiger partial charge in [-0.3, -0.25) is 4.79 Å². The van der Waals surface area contributed by atoms with Gasteiger partial charge in [-0.05, 0) is 37.1 Å². The van der Waals surface area contributed by atoms with Gasteiger partial charge in [0.1, 0.15) is 5.82 Å². The van der Waals surface area contributed by atoms with Crippen LogP contribution in [-0.4, -0.2) is 23.9 Å². The summed E-state index contributed by atoms with van der Waals surface area (Å²) in [6, 6.07) is 6.34. The molecule has 0 aliphatic heterocycles. The summed E-state index contributed by atoms with van der Waals surface area (Å²) < 4.78 is 13.1. The van der Waals surface area contributed by atoms with E-state index in [1.807, 2.05) is 19.9 Å². The third kappa shape index (κ3) is 4.45. The standard InChI is InChI=1S/C14H21FN2O/c1-3-17(14(18)7-11(2)9-16)10-12-5-4-6-13(15)8-12/h4-6,8,11H,3,7,9-10,16H2,1-2H3. The second-order valence-corrected chi connectivity index (χ2v) is 4.58. The molecular formula is C14H21FN2O. The molecule has 1 aromatic rings. The summed E-state index contributed by atoms with van der Waals surface area (Å²) in [6.45, 7) is 5.44. The number of benzene rings is 1. The molecule has 0 spiro atoms. The topological polar surface area (TPSA) is 46.3 Å². The summed E-state index contributed by atoms with van der Waals surface area (Å²) in [5.41, 5.74) is 6.32. The predicted octanol–water partition coefficient (Wildman–Crippen LogP) is 2.16. The highest BCUT2D eigenvalue weighted by Crippen LogP contribution is 2.10. The zero-order valence-electron chi connectivity index (χ0n) is 11.0. The molecule has 1 aromatic carbocycles. The Hall–Kier alpha value is -1.42. The van der Waals surface area contributed by atoms with E-state index in [2.05, 4.69) is 0 Å². The number of carbonyl (C=O) groups is 1. The van der Waals surface area contributed by atoms with E-state index in [1.54, 1.807) is 11.0 Å². The third-order valence-corrected chi connectivity index (χ3v) is 2.92. The minimum absolute atomic E-state index is 0.0692. The van der Waals surface area contributed by atoms with Crippen LogP contribution in [0.5, 0.6) is 0 Å². The van der Waals surface area contributed by atoms with E-state index >= 15 is 0 Å². The first-order valence-electron chi connectivity index (χ1n) is 6.29. The molecule has 0 saturated heterocycles. The molecule has 2 N–H and O–H groups in total. The molecule has 0 saturated carbocycles. The molecule has 0 bridgehead atoms. The molecule has 0 aliphatic carbocycles. The molecule has 0 radical (unpaired) electrons. The fraction of sp³-hybridized carbons (Fsp3) is 0.500. The molecule has 1 unspecified atom stereocenters. The lowest BCUT2D eigenvalue weighted by atomic mass is 10.1. The number of amides is 1. The average Bonchev–Trinajstić information content (AvgIpc) is 2.35. The van der Waals surface area contributed by atoms with Gasteiger partial charge in [-0.2, -0.15) is 0 Å². The van der Waals surface area contributed by atoms with Crippen LogP contribution in [0.2, 0.25) is 0 Å². The molecule has 0 aromatic heterocycles. The van der Waals surface area contributed by atoms with Crippen molar-refractivity contribution in [2.24, 2.45) is 11.7 Å². The Labute approximate surface area is 108 Å². The smallest absolute Gasteiger partial charge is 0.223 e. The van der Waals surface area contributed by atoms with E-state index in [1.165, 1.54) is 12.1 Å². The van der Waals surface area contributed by atoms with Crippen LogP contribution in [0.3, 0.4) is 0 Å². The number of halogens is 1. The first kappa shape index (κ1) is 14.6. The van der Waals surface area contributed by atoms with E-state index in [0.717, 1.165) is 5.56 Å². The lowest BCUT2D eigenvalue weighted by Gasteiger charge is -2.22. The Morgan fingerprint density at radius 3 is 2.78 bits per heavy atom. The molecule has 3 nitrogen and oxygen atoms in total. The van der Waals surface area contributed by atoms with Crippen molar-refractivity contribution in [2.45, 2.75) is 26.8 Å². The first-order chi connectivity index (χ1) is 8.56. The second-order valence-electron chi connectivity index (χ2n) is 4.58. The Bertz CT molecular complexity index is 395. The van der Waals surface area contributed by atoms with Gasteiger partial charge in [-0.1, -0.05) is 19.1 Å². The van der Waals surface area contributed by atoms with Crippen molar-refractivity contribution in [3.05, 3.63) is 35.6 Å². The summed E-state index contributed by atoms with van der Waals surface area (Å²) in [5.74, 6) is -0.0231. The minimum atomic E-state index is -0.272. The number of hydrogen-bond acceptors (Lipinski definition) is 2. The lowest BCUT2D eigenvalue weighted by Crippen LogP contribution is -2.32. The number of rotatable bonds is 6. The second kappa shape index (κ2) is 7.11. The maximum absolute atomic E-state index is 13.1. The van der Waals surface area contributed by atoms with Gasteiger partial charge in [0.2, 0.25) is 5.91 Å². The molecular weight excluding hydrogens is 231 g/mol. The van der Waals surface area contributed by atoms with Crippen LogP contribution >= 0.6 is 0 Å². The Balaban J connectivity index is 2.64. The van der Waals surface area contributed by atoms with Gasteiger partial charge in [-0.25, -0.2) is 4.39 Å². The van der Waals surface area contributed by atoms with Gasteiger partial charge >= 0.3 is 0 Å². The zero-order chi connectivity index (χ0) is 13.5. The van der Waals surface area contributed by atoms with Gasteiger partial charge in [0.15, 0.2) is 0 Å². The SMILES string of the molecule is CCN(Cc1cccc(F)c1)C(=O)CC(C)CN. The average molecular weight is 252 g/mol. The molecule has 4 heteroatoms. The molecule has 100 valence electrons. The van der Waals surface area contributed by atoms with Crippen LogP contribution in [0.15, 0.2) is 24.3 Å². The molecule has 1 amide bonds. The van der Waals surface area contributed by atoms with Crippen LogP contribution in [0.4, 0.5) is 4.39 Å². The molecule has 0 aliphatic rings. The van der Waals surface area contributed by atoms with E-state index in [9.17, 15) is 9.18 Å². The molecule has 1 atom stereocenters. The highest BCUT2D eigenvalue weighted by molar-refractivity contribution is 5.76. The number of nitrogens with two attached hydrogens (primary N) is 1. The zero-order valence-corrected chi connectivity index (χ0v) is 11.0. The van der Waals surface area contributed by atoms with Crippen LogP contribution in [-0.2, 0) is 11.3 Å². The highest BCUT2D eigenvalue weighted by atomic mass is 19.1. The number of nitrogens with zero attached hydrogens (tertiary/aromatic N) is 1. The van der Waals surface area contributed by atoms with E-state index in [0.29, 0.717) is 26.1 Å². The summed E-state index contributed by atoms with van der Waals surface area (Å²) in [7, 11) is 0. The number of carbonyl (C=O) groups excluding carboxylic acids is 1. The van der Waals surface area contributed by atoms with Gasteiger partial charge in [0.05, 0.1) is 0 Å². The van der Waals surface area contributed by atoms with Gasteiger partial charge in [0, 0.05) is 19.5 Å². The van der Waals surface area contributed by atoms with Crippen LogP contribution in [0, 0.1) is 11.7 Å². The molecule has 0 heterocycles. The van der Waals surface area contributed by atoms with Gasteiger partial charge in [-0.15, -0.1) is 0 Å². The van der Waals surface area contributed by atoms with Crippen molar-refractivity contribution in [3.8, 4) is 0 Å². The van der Waals surface area contributed by atoms with E-state index < -0.39 is 0 Å². The fourth-order valence-electron chi connectivity index (χ4n) is 1.74. The van der Waals surface area contributed by atoms with Crippen molar-refractivity contribution in [1.29, 1.82) is 0 Å². The van der Waals surface area contributed by atoms with E-state index in [4.69, 9.17) is 5.73 Å². The van der Waals surface area contributed by atoms with Crippen molar-refractivity contribution in [1.82, 2.24) is 4.90 Å². The van der Waals surface area contributed by atoms with Crippen molar-refractivity contribution in [2.75, 3.05) is 13.1 Å². The Morgan fingerprint density at radius 1 is 1.50 bits per heavy atom. The predicted molar refractivity (Wildman–Crippen MR) is 70.3 cm³/mol. The van der Waals surface area contributed by atoms with E-state index in [-0.39, 0.29) is 17.6 Å². The minimum Gasteiger partial charge on any atom is -0.339 e. The maximum atomic E-state index is 13.1. The first-order valence-corrected chi connectivity index (χ1v) is 6.29.